The van der Waals surface area contributed by atoms with Gasteiger partial charge in [-0.15, -0.1) is 0 Å². The molecule has 2 aromatic rings. The van der Waals surface area contributed by atoms with Crippen molar-refractivity contribution < 1.29 is 18.0 Å². The maximum absolute atomic E-state index is 13.8. The first kappa shape index (κ1) is 17.4. The standard InChI is InChI=1S/C18H15F3N2OS/c1-23-9-11(10-6-7-12(19)14(21)8-10)16(18(23)24)17(25)22-15-5-3-2-4-13(15)20/h2-8,11,16H,9H2,1H3,(H,22,25)/t11-,16+/m1/s1. The van der Waals surface area contributed by atoms with E-state index in [1.54, 1.807) is 19.2 Å². The maximum atomic E-state index is 13.8. The molecule has 7 heteroatoms. The number of amides is 1. The van der Waals surface area contributed by atoms with Crippen LogP contribution >= 0.6 is 12.2 Å². The molecule has 0 saturated carbocycles. The van der Waals surface area contributed by atoms with Gasteiger partial charge in [0.1, 0.15) is 5.82 Å². The van der Waals surface area contributed by atoms with E-state index in [2.05, 4.69) is 5.32 Å². The fraction of sp³-hybridized carbons (Fsp3) is 0.222. The Kier molecular flexibility index (Phi) is 4.76. The summed E-state index contributed by atoms with van der Waals surface area (Å²) in [5, 5.41) is 2.77. The number of carbonyl (C=O) groups is 1. The number of likely N-dealkylation sites (tertiary alicyclic amines) is 1. The van der Waals surface area contributed by atoms with Crippen molar-refractivity contribution in [3.05, 3.63) is 65.5 Å². The zero-order chi connectivity index (χ0) is 18.1. The minimum Gasteiger partial charge on any atom is -0.347 e. The van der Waals surface area contributed by atoms with Crippen LogP contribution in [0.4, 0.5) is 18.9 Å². The summed E-state index contributed by atoms with van der Waals surface area (Å²) in [6, 6.07) is 9.51. The summed E-state index contributed by atoms with van der Waals surface area (Å²) in [6.07, 6.45) is 0. The Morgan fingerprint density at radius 3 is 2.52 bits per heavy atom. The van der Waals surface area contributed by atoms with Crippen molar-refractivity contribution in [1.82, 2.24) is 4.90 Å². The van der Waals surface area contributed by atoms with Crippen LogP contribution in [0, 0.1) is 23.4 Å². The molecule has 2 aromatic carbocycles. The first-order valence-corrected chi connectivity index (χ1v) is 8.04. The van der Waals surface area contributed by atoms with Crippen LogP contribution in [0.15, 0.2) is 42.5 Å². The summed E-state index contributed by atoms with van der Waals surface area (Å²) in [6.45, 7) is 0.313. The average molecular weight is 364 g/mol. The molecular weight excluding hydrogens is 349 g/mol. The Balaban J connectivity index is 1.90. The zero-order valence-electron chi connectivity index (χ0n) is 13.3. The number of rotatable bonds is 3. The first-order chi connectivity index (χ1) is 11.9. The summed E-state index contributed by atoms with van der Waals surface area (Å²) < 4.78 is 40.6. The highest BCUT2D eigenvalue weighted by Gasteiger charge is 2.42. The molecule has 2 atom stereocenters. The third-order valence-corrected chi connectivity index (χ3v) is 4.66. The Morgan fingerprint density at radius 1 is 1.12 bits per heavy atom. The maximum Gasteiger partial charge on any atom is 0.232 e. The van der Waals surface area contributed by atoms with E-state index in [0.717, 1.165) is 12.1 Å². The van der Waals surface area contributed by atoms with E-state index in [1.807, 2.05) is 0 Å². The van der Waals surface area contributed by atoms with Gasteiger partial charge in [0.05, 0.1) is 16.6 Å². The van der Waals surface area contributed by atoms with Crippen molar-refractivity contribution in [2.75, 3.05) is 18.9 Å². The van der Waals surface area contributed by atoms with Crippen LogP contribution in [-0.2, 0) is 4.79 Å². The molecule has 25 heavy (non-hydrogen) atoms. The number of nitrogens with zero attached hydrogens (tertiary/aromatic N) is 1. The molecule has 130 valence electrons. The second-order valence-corrected chi connectivity index (χ2v) is 6.39. The van der Waals surface area contributed by atoms with Crippen molar-refractivity contribution in [2.24, 2.45) is 5.92 Å². The average Bonchev–Trinajstić information content (AvgIpc) is 2.87. The molecule has 1 heterocycles. The van der Waals surface area contributed by atoms with Crippen LogP contribution in [0.25, 0.3) is 0 Å². The molecule has 0 aliphatic carbocycles. The van der Waals surface area contributed by atoms with Crippen molar-refractivity contribution in [2.45, 2.75) is 5.92 Å². The van der Waals surface area contributed by atoms with Gasteiger partial charge < -0.3 is 10.2 Å². The van der Waals surface area contributed by atoms with Crippen LogP contribution in [0.3, 0.4) is 0 Å². The second kappa shape index (κ2) is 6.84. The summed E-state index contributed by atoms with van der Waals surface area (Å²) in [7, 11) is 1.61. The number of para-hydroxylation sites is 1. The highest BCUT2D eigenvalue weighted by Crippen LogP contribution is 2.35. The van der Waals surface area contributed by atoms with Gasteiger partial charge in [0.2, 0.25) is 5.91 Å². The van der Waals surface area contributed by atoms with Crippen LogP contribution < -0.4 is 5.32 Å². The smallest absolute Gasteiger partial charge is 0.232 e. The minimum atomic E-state index is -0.980. The topological polar surface area (TPSA) is 32.3 Å². The van der Waals surface area contributed by atoms with Gasteiger partial charge in [0, 0.05) is 19.5 Å². The van der Waals surface area contributed by atoms with E-state index in [9.17, 15) is 18.0 Å². The summed E-state index contributed by atoms with van der Waals surface area (Å²) in [5.41, 5.74) is 0.637. The summed E-state index contributed by atoms with van der Waals surface area (Å²) >= 11 is 5.33. The number of hydrogen-bond donors (Lipinski definition) is 1. The predicted octanol–water partition coefficient (Wildman–Crippen LogP) is 3.72. The Bertz CT molecular complexity index is 843. The normalized spacial score (nSPS) is 20.0. The molecule has 3 rings (SSSR count). The second-order valence-electron chi connectivity index (χ2n) is 5.95. The number of nitrogens with one attached hydrogen (secondary N) is 1. The number of anilines is 1. The molecule has 1 saturated heterocycles. The first-order valence-electron chi connectivity index (χ1n) is 7.64. The molecule has 0 unspecified atom stereocenters. The zero-order valence-corrected chi connectivity index (χ0v) is 14.1. The van der Waals surface area contributed by atoms with Crippen LogP contribution in [0.5, 0.6) is 0 Å². The SMILES string of the molecule is CN1C[C@H](c2ccc(F)c(F)c2)[C@@H](C(=S)Nc2ccccc2F)C1=O. The largest absolute Gasteiger partial charge is 0.347 e. The lowest BCUT2D eigenvalue weighted by Crippen LogP contribution is -2.31. The van der Waals surface area contributed by atoms with E-state index in [1.165, 1.54) is 23.1 Å². The quantitative estimate of drug-likeness (QED) is 0.843. The van der Waals surface area contributed by atoms with E-state index >= 15 is 0 Å². The number of benzene rings is 2. The van der Waals surface area contributed by atoms with E-state index in [0.29, 0.717) is 12.1 Å². The van der Waals surface area contributed by atoms with Crippen molar-refractivity contribution in [3.8, 4) is 0 Å². The number of likely N-dealkylation sites (N-methyl/N-ethyl adjacent to an activating group) is 1. The van der Waals surface area contributed by atoms with Crippen LogP contribution in [-0.4, -0.2) is 29.4 Å². The lowest BCUT2D eigenvalue weighted by molar-refractivity contribution is -0.128. The fourth-order valence-corrected chi connectivity index (χ4v) is 3.38. The van der Waals surface area contributed by atoms with Crippen molar-refractivity contribution in [1.29, 1.82) is 0 Å². The summed E-state index contributed by atoms with van der Waals surface area (Å²) in [4.78, 5) is 14.1. The monoisotopic (exact) mass is 364 g/mol. The Labute approximate surface area is 148 Å². The van der Waals surface area contributed by atoms with Crippen molar-refractivity contribution in [3.63, 3.8) is 0 Å². The molecule has 0 spiro atoms. The molecule has 0 radical (unpaired) electrons. The third-order valence-electron chi connectivity index (χ3n) is 4.30. The molecule has 3 nitrogen and oxygen atoms in total. The molecular formula is C18H15F3N2OS. The molecule has 1 aliphatic rings. The van der Waals surface area contributed by atoms with Gasteiger partial charge in [-0.3, -0.25) is 4.79 Å². The van der Waals surface area contributed by atoms with Crippen molar-refractivity contribution >= 4 is 28.8 Å². The summed E-state index contributed by atoms with van der Waals surface area (Å²) in [5.74, 6) is -3.89. The lowest BCUT2D eigenvalue weighted by atomic mass is 9.88. The molecule has 0 aromatic heterocycles. The third kappa shape index (κ3) is 3.37. The van der Waals surface area contributed by atoms with Gasteiger partial charge in [-0.2, -0.15) is 0 Å². The van der Waals surface area contributed by atoms with Gasteiger partial charge >= 0.3 is 0 Å². The van der Waals surface area contributed by atoms with E-state index in [4.69, 9.17) is 12.2 Å². The van der Waals surface area contributed by atoms with Gasteiger partial charge in [0.15, 0.2) is 11.6 Å². The van der Waals surface area contributed by atoms with Gasteiger partial charge in [-0.25, -0.2) is 13.2 Å². The molecule has 1 aliphatic heterocycles. The molecule has 1 fully saturated rings. The van der Waals surface area contributed by atoms with Crippen LogP contribution in [0.2, 0.25) is 0 Å². The highest BCUT2D eigenvalue weighted by molar-refractivity contribution is 7.80. The predicted molar refractivity (Wildman–Crippen MR) is 92.8 cm³/mol. The van der Waals surface area contributed by atoms with E-state index in [-0.39, 0.29) is 16.6 Å². The van der Waals surface area contributed by atoms with Gasteiger partial charge in [0.25, 0.3) is 0 Å². The Morgan fingerprint density at radius 2 is 1.84 bits per heavy atom. The molecule has 1 N–H and O–H groups in total. The van der Waals surface area contributed by atoms with Crippen LogP contribution in [0.1, 0.15) is 11.5 Å². The fourth-order valence-electron chi connectivity index (χ4n) is 3.01. The van der Waals surface area contributed by atoms with Gasteiger partial charge in [-0.05, 0) is 29.8 Å². The Hall–Kier alpha value is -2.41. The number of hydrogen-bond acceptors (Lipinski definition) is 2. The minimum absolute atomic E-state index is 0.147. The number of halogens is 3. The molecule has 1 amide bonds. The van der Waals surface area contributed by atoms with E-state index < -0.39 is 29.3 Å². The number of thiocarbonyl (C=S) groups is 1. The highest BCUT2D eigenvalue weighted by atomic mass is 32.1. The lowest BCUT2D eigenvalue weighted by Gasteiger charge is -2.19. The molecule has 0 bridgehead atoms. The number of carbonyl (C=O) groups excluding carboxylic acids is 1. The van der Waals surface area contributed by atoms with Gasteiger partial charge in [-0.1, -0.05) is 30.4 Å².